The summed E-state index contributed by atoms with van der Waals surface area (Å²) in [5.41, 5.74) is 0.847. The molecule has 1 saturated heterocycles. The van der Waals surface area contributed by atoms with E-state index in [1.807, 2.05) is 23.3 Å². The third-order valence-corrected chi connectivity index (χ3v) is 6.76. The maximum atomic E-state index is 12.7. The molecular weight excluding hydrogens is 316 g/mol. The van der Waals surface area contributed by atoms with Gasteiger partial charge in [0, 0.05) is 42.0 Å². The van der Waals surface area contributed by atoms with Crippen LogP contribution in [-0.2, 0) is 22.4 Å². The van der Waals surface area contributed by atoms with Crippen LogP contribution in [0.5, 0.6) is 0 Å². The lowest BCUT2D eigenvalue weighted by Crippen LogP contribution is -2.43. The van der Waals surface area contributed by atoms with E-state index in [9.17, 15) is 8.42 Å². The molecule has 1 fully saturated rings. The van der Waals surface area contributed by atoms with Gasteiger partial charge >= 0.3 is 0 Å². The summed E-state index contributed by atoms with van der Waals surface area (Å²) in [6, 6.07) is 1.70. The first-order chi connectivity index (χ1) is 9.38. The second-order valence-corrected chi connectivity index (χ2v) is 9.25. The molecule has 0 spiro atoms. The highest BCUT2D eigenvalue weighted by molar-refractivity contribution is 8.00. The Hall–Kier alpha value is -0.170. The lowest BCUT2D eigenvalue weighted by molar-refractivity contribution is 0.405. The second-order valence-electron chi connectivity index (χ2n) is 5.17. The zero-order chi connectivity index (χ0) is 14.9. The highest BCUT2D eigenvalue weighted by atomic mass is 35.5. The molecule has 0 bridgehead atoms. The number of alkyl halides is 1. The quantitative estimate of drug-likeness (QED) is 0.794. The first-order valence-electron chi connectivity index (χ1n) is 6.79. The third-order valence-electron chi connectivity index (χ3n) is 3.46. The zero-order valence-corrected chi connectivity index (χ0v) is 14.4. The van der Waals surface area contributed by atoms with Crippen molar-refractivity contribution in [3.63, 3.8) is 0 Å². The molecular formula is C13H21ClN2O2S2. The minimum absolute atomic E-state index is 0.325. The summed E-state index contributed by atoms with van der Waals surface area (Å²) < 4.78 is 29.0. The van der Waals surface area contributed by atoms with Crippen molar-refractivity contribution in [1.29, 1.82) is 0 Å². The SMILES string of the molecule is CCn1cc(S(=O)(=O)N2CC(C)SC(C)C2)cc1CCl. The molecule has 2 atom stereocenters. The van der Waals surface area contributed by atoms with Crippen LogP contribution in [0.2, 0.25) is 0 Å². The van der Waals surface area contributed by atoms with Gasteiger partial charge in [-0.3, -0.25) is 0 Å². The Morgan fingerprint density at radius 2 is 1.95 bits per heavy atom. The van der Waals surface area contributed by atoms with Gasteiger partial charge in [0.1, 0.15) is 4.90 Å². The van der Waals surface area contributed by atoms with Gasteiger partial charge in [-0.2, -0.15) is 16.1 Å². The summed E-state index contributed by atoms with van der Waals surface area (Å²) >= 11 is 7.71. The van der Waals surface area contributed by atoms with Gasteiger partial charge in [-0.15, -0.1) is 11.6 Å². The molecule has 2 rings (SSSR count). The maximum absolute atomic E-state index is 12.7. The fourth-order valence-electron chi connectivity index (χ4n) is 2.55. The molecule has 7 heteroatoms. The molecule has 1 aliphatic rings. The molecule has 20 heavy (non-hydrogen) atoms. The minimum Gasteiger partial charge on any atom is -0.349 e. The van der Waals surface area contributed by atoms with Crippen LogP contribution < -0.4 is 0 Å². The standard InChI is InChI=1S/C13H21ClN2O2S2/c1-4-15-9-13(5-12(15)6-14)20(17,18)16-7-10(2)19-11(3)8-16/h5,9-11H,4,6-8H2,1-3H3. The third kappa shape index (κ3) is 3.18. The van der Waals surface area contributed by atoms with Gasteiger partial charge in [-0.1, -0.05) is 13.8 Å². The van der Waals surface area contributed by atoms with E-state index in [2.05, 4.69) is 13.8 Å². The number of thioether (sulfide) groups is 1. The van der Waals surface area contributed by atoms with Crippen molar-refractivity contribution < 1.29 is 8.42 Å². The molecule has 1 aromatic heterocycles. The van der Waals surface area contributed by atoms with E-state index in [0.717, 1.165) is 12.2 Å². The van der Waals surface area contributed by atoms with E-state index in [1.165, 1.54) is 0 Å². The Balaban J connectivity index is 2.32. The van der Waals surface area contributed by atoms with Crippen LogP contribution in [0.25, 0.3) is 0 Å². The van der Waals surface area contributed by atoms with Gasteiger partial charge in [0.05, 0.1) is 5.88 Å². The smallest absolute Gasteiger partial charge is 0.244 e. The molecule has 0 N–H and O–H groups in total. The van der Waals surface area contributed by atoms with Gasteiger partial charge in [0.25, 0.3) is 0 Å². The number of nitrogens with zero attached hydrogens (tertiary/aromatic N) is 2. The number of rotatable bonds is 4. The zero-order valence-electron chi connectivity index (χ0n) is 12.0. The Morgan fingerprint density at radius 3 is 2.40 bits per heavy atom. The summed E-state index contributed by atoms with van der Waals surface area (Å²) in [5.74, 6) is 0.325. The van der Waals surface area contributed by atoms with Crippen molar-refractivity contribution >= 4 is 33.4 Å². The van der Waals surface area contributed by atoms with Gasteiger partial charge in [-0.25, -0.2) is 8.42 Å². The Kier molecular flexibility index (Phi) is 5.10. The first kappa shape index (κ1) is 16.2. The van der Waals surface area contributed by atoms with Crippen molar-refractivity contribution in [2.24, 2.45) is 0 Å². The van der Waals surface area contributed by atoms with Crippen LogP contribution in [0, 0.1) is 0 Å². The molecule has 0 aromatic carbocycles. The second kappa shape index (κ2) is 6.30. The van der Waals surface area contributed by atoms with E-state index in [-0.39, 0.29) is 0 Å². The summed E-state index contributed by atoms with van der Waals surface area (Å²) in [6.07, 6.45) is 1.70. The summed E-state index contributed by atoms with van der Waals surface area (Å²) in [5, 5.41) is 0.656. The number of aryl methyl sites for hydroxylation is 1. The number of hydrogen-bond donors (Lipinski definition) is 0. The van der Waals surface area contributed by atoms with E-state index in [1.54, 1.807) is 16.6 Å². The molecule has 114 valence electrons. The molecule has 0 radical (unpaired) electrons. The lowest BCUT2D eigenvalue weighted by Gasteiger charge is -2.33. The number of hydrogen-bond acceptors (Lipinski definition) is 3. The Labute approximate surface area is 130 Å². The van der Waals surface area contributed by atoms with Crippen LogP contribution in [0.15, 0.2) is 17.2 Å². The normalized spacial score (nSPS) is 25.0. The predicted molar refractivity (Wildman–Crippen MR) is 84.9 cm³/mol. The highest BCUT2D eigenvalue weighted by Crippen LogP contribution is 2.29. The largest absolute Gasteiger partial charge is 0.349 e. The molecule has 1 aromatic rings. The van der Waals surface area contributed by atoms with Crippen LogP contribution in [0.1, 0.15) is 26.5 Å². The Bertz CT molecular complexity index is 539. The molecule has 2 heterocycles. The van der Waals surface area contributed by atoms with Crippen LogP contribution in [0.4, 0.5) is 0 Å². The first-order valence-corrected chi connectivity index (χ1v) is 9.70. The molecule has 2 unspecified atom stereocenters. The van der Waals surface area contributed by atoms with Crippen LogP contribution in [-0.4, -0.2) is 40.9 Å². The van der Waals surface area contributed by atoms with Gasteiger partial charge in [0.15, 0.2) is 0 Å². The van der Waals surface area contributed by atoms with Crippen molar-refractivity contribution in [2.75, 3.05) is 13.1 Å². The highest BCUT2D eigenvalue weighted by Gasteiger charge is 2.32. The number of sulfonamides is 1. The summed E-state index contributed by atoms with van der Waals surface area (Å²) in [7, 11) is -3.41. The minimum atomic E-state index is -3.41. The van der Waals surface area contributed by atoms with E-state index < -0.39 is 10.0 Å². The maximum Gasteiger partial charge on any atom is 0.244 e. The molecule has 1 aliphatic heterocycles. The fraction of sp³-hybridized carbons (Fsp3) is 0.692. The molecule has 0 saturated carbocycles. The Morgan fingerprint density at radius 1 is 1.35 bits per heavy atom. The van der Waals surface area contributed by atoms with E-state index in [0.29, 0.717) is 34.4 Å². The monoisotopic (exact) mass is 336 g/mol. The molecule has 0 amide bonds. The fourth-order valence-corrected chi connectivity index (χ4v) is 5.98. The van der Waals surface area contributed by atoms with Crippen LogP contribution >= 0.6 is 23.4 Å². The topological polar surface area (TPSA) is 42.3 Å². The summed E-state index contributed by atoms with van der Waals surface area (Å²) in [4.78, 5) is 0.362. The van der Waals surface area contributed by atoms with E-state index >= 15 is 0 Å². The van der Waals surface area contributed by atoms with Crippen molar-refractivity contribution in [2.45, 2.75) is 48.6 Å². The predicted octanol–water partition coefficient (Wildman–Crippen LogP) is 2.76. The molecule has 0 aliphatic carbocycles. The lowest BCUT2D eigenvalue weighted by atomic mass is 10.4. The van der Waals surface area contributed by atoms with E-state index in [4.69, 9.17) is 11.6 Å². The molecule has 4 nitrogen and oxygen atoms in total. The number of halogens is 1. The van der Waals surface area contributed by atoms with Crippen molar-refractivity contribution in [3.05, 3.63) is 18.0 Å². The number of aromatic nitrogens is 1. The average molecular weight is 337 g/mol. The van der Waals surface area contributed by atoms with Crippen molar-refractivity contribution in [3.8, 4) is 0 Å². The van der Waals surface area contributed by atoms with Crippen LogP contribution in [0.3, 0.4) is 0 Å². The van der Waals surface area contributed by atoms with Gasteiger partial charge in [-0.05, 0) is 13.0 Å². The van der Waals surface area contributed by atoms with Gasteiger partial charge < -0.3 is 4.57 Å². The average Bonchev–Trinajstić information content (AvgIpc) is 2.81. The van der Waals surface area contributed by atoms with Crippen molar-refractivity contribution in [1.82, 2.24) is 8.87 Å². The summed E-state index contributed by atoms with van der Waals surface area (Å²) in [6.45, 7) is 8.00. The van der Waals surface area contributed by atoms with Gasteiger partial charge in [0.2, 0.25) is 10.0 Å².